The minimum atomic E-state index is -0.145. The number of Topliss-reactive ketones (excluding diaryl/α,β-unsaturated/α-hetero) is 1. The minimum Gasteiger partial charge on any atom is -0.306 e. The lowest BCUT2D eigenvalue weighted by atomic mass is 9.97. The second-order valence-corrected chi connectivity index (χ2v) is 10.4. The van der Waals surface area contributed by atoms with E-state index in [4.69, 9.17) is 0 Å². The Morgan fingerprint density at radius 3 is 2.71 bits per heavy atom. The number of aryl methyl sites for hydroxylation is 1. The van der Waals surface area contributed by atoms with E-state index in [9.17, 15) is 9.59 Å². The van der Waals surface area contributed by atoms with Crippen molar-refractivity contribution >= 4 is 28.6 Å². The van der Waals surface area contributed by atoms with Crippen LogP contribution in [0.4, 0.5) is 0 Å². The molecule has 3 aromatic rings. The molecular formula is C25H29N3O2S. The van der Waals surface area contributed by atoms with Gasteiger partial charge in [0.15, 0.2) is 5.78 Å². The summed E-state index contributed by atoms with van der Waals surface area (Å²) in [5, 5.41) is 0.652. The van der Waals surface area contributed by atoms with Crippen LogP contribution in [0.1, 0.15) is 55.1 Å². The summed E-state index contributed by atoms with van der Waals surface area (Å²) in [5.74, 6) is 0.203. The molecule has 2 aromatic carbocycles. The van der Waals surface area contributed by atoms with Crippen LogP contribution in [0.15, 0.2) is 52.2 Å². The van der Waals surface area contributed by atoms with Crippen molar-refractivity contribution in [1.82, 2.24) is 14.5 Å². The van der Waals surface area contributed by atoms with E-state index in [1.165, 1.54) is 16.9 Å². The summed E-state index contributed by atoms with van der Waals surface area (Å²) >= 11 is 1.92. The van der Waals surface area contributed by atoms with E-state index in [-0.39, 0.29) is 23.6 Å². The molecule has 5 nitrogen and oxygen atoms in total. The largest absolute Gasteiger partial charge is 0.326 e. The van der Waals surface area contributed by atoms with Gasteiger partial charge in [-0.15, -0.1) is 11.8 Å². The molecule has 0 aliphatic carbocycles. The maximum absolute atomic E-state index is 13.2. The van der Waals surface area contributed by atoms with Gasteiger partial charge in [-0.1, -0.05) is 25.1 Å². The Morgan fingerprint density at radius 1 is 1.13 bits per heavy atom. The summed E-state index contributed by atoms with van der Waals surface area (Å²) in [5.41, 5.74) is 3.97. The highest BCUT2D eigenvalue weighted by Gasteiger charge is 2.29. The molecule has 2 aliphatic heterocycles. The molecule has 5 rings (SSSR count). The molecule has 0 saturated carbocycles. The molecule has 6 heteroatoms. The number of thioether (sulfide) groups is 1. The number of aromatic nitrogens is 2. The fourth-order valence-corrected chi connectivity index (χ4v) is 6.18. The van der Waals surface area contributed by atoms with Crippen LogP contribution in [0, 0.1) is 0 Å². The van der Waals surface area contributed by atoms with Gasteiger partial charge in [0, 0.05) is 34.8 Å². The van der Waals surface area contributed by atoms with E-state index < -0.39 is 0 Å². The van der Waals surface area contributed by atoms with E-state index in [0.717, 1.165) is 48.9 Å². The predicted molar refractivity (Wildman–Crippen MR) is 126 cm³/mol. The Bertz CT molecular complexity index is 1170. The molecule has 3 heterocycles. The van der Waals surface area contributed by atoms with Gasteiger partial charge in [-0.05, 0) is 62.4 Å². The summed E-state index contributed by atoms with van der Waals surface area (Å²) < 4.78 is 1.90. The first-order valence-corrected chi connectivity index (χ1v) is 12.2. The second-order valence-electron chi connectivity index (χ2n) is 8.91. The normalized spacial score (nSPS) is 21.2. The average Bonchev–Trinajstić information content (AvgIpc) is 3.13. The summed E-state index contributed by atoms with van der Waals surface area (Å²) in [7, 11) is 0. The number of piperidine rings is 1. The van der Waals surface area contributed by atoms with Crippen LogP contribution >= 0.6 is 11.8 Å². The van der Waals surface area contributed by atoms with E-state index in [2.05, 4.69) is 28.9 Å². The van der Waals surface area contributed by atoms with Gasteiger partial charge in [0.25, 0.3) is 0 Å². The van der Waals surface area contributed by atoms with E-state index >= 15 is 0 Å². The number of rotatable bonds is 4. The minimum absolute atomic E-state index is 0.0370. The van der Waals surface area contributed by atoms with Gasteiger partial charge in [0.1, 0.15) is 0 Å². The third-order valence-corrected chi connectivity index (χ3v) is 8.20. The first-order chi connectivity index (χ1) is 15.0. The molecule has 0 radical (unpaired) electrons. The van der Waals surface area contributed by atoms with Crippen molar-refractivity contribution in [3.05, 3.63) is 64.1 Å². The number of nitrogens with zero attached hydrogens (tertiary/aromatic N) is 2. The number of carbonyl (C=O) groups is 1. The molecule has 1 fully saturated rings. The van der Waals surface area contributed by atoms with Gasteiger partial charge < -0.3 is 4.98 Å². The molecule has 2 atom stereocenters. The number of likely N-dealkylation sites (tertiary alicyclic amines) is 1. The van der Waals surface area contributed by atoms with Gasteiger partial charge in [-0.2, -0.15) is 0 Å². The molecule has 31 heavy (non-hydrogen) atoms. The predicted octanol–water partition coefficient (Wildman–Crippen LogP) is 4.66. The number of para-hydroxylation sites is 2. The number of hydrogen-bond donors (Lipinski definition) is 1. The van der Waals surface area contributed by atoms with Crippen LogP contribution in [0.3, 0.4) is 0 Å². The van der Waals surface area contributed by atoms with E-state index in [1.807, 2.05) is 53.6 Å². The maximum Gasteiger partial charge on any atom is 0.326 e. The molecular weight excluding hydrogens is 406 g/mol. The van der Waals surface area contributed by atoms with Crippen LogP contribution in [0.2, 0.25) is 0 Å². The quantitative estimate of drug-likeness (QED) is 0.606. The van der Waals surface area contributed by atoms with Crippen molar-refractivity contribution in [3.8, 4) is 0 Å². The van der Waals surface area contributed by atoms with Crippen molar-refractivity contribution in [2.75, 3.05) is 13.1 Å². The van der Waals surface area contributed by atoms with Crippen LogP contribution in [0.5, 0.6) is 0 Å². The number of hydrogen-bond acceptors (Lipinski definition) is 4. The van der Waals surface area contributed by atoms with Crippen LogP contribution in [-0.2, 0) is 6.42 Å². The van der Waals surface area contributed by atoms with Gasteiger partial charge in [-0.3, -0.25) is 14.3 Å². The van der Waals surface area contributed by atoms with E-state index in [1.54, 1.807) is 0 Å². The Hall–Kier alpha value is -2.31. The smallest absolute Gasteiger partial charge is 0.306 e. The first kappa shape index (κ1) is 20.6. The Labute approximate surface area is 186 Å². The first-order valence-electron chi connectivity index (χ1n) is 11.3. The van der Waals surface area contributed by atoms with Crippen molar-refractivity contribution in [3.63, 3.8) is 0 Å². The number of H-pyrrole nitrogens is 1. The molecule has 1 N–H and O–H groups in total. The van der Waals surface area contributed by atoms with Crippen molar-refractivity contribution in [2.24, 2.45) is 0 Å². The topological polar surface area (TPSA) is 58.1 Å². The molecule has 0 amide bonds. The van der Waals surface area contributed by atoms with Crippen molar-refractivity contribution in [1.29, 1.82) is 0 Å². The summed E-state index contributed by atoms with van der Waals surface area (Å²) in [6, 6.07) is 14.1. The summed E-state index contributed by atoms with van der Waals surface area (Å²) in [6.07, 6.45) is 3.98. The van der Waals surface area contributed by atoms with Gasteiger partial charge in [-0.25, -0.2) is 4.79 Å². The van der Waals surface area contributed by atoms with Gasteiger partial charge >= 0.3 is 5.69 Å². The molecule has 2 aliphatic rings. The zero-order valence-electron chi connectivity index (χ0n) is 18.1. The average molecular weight is 436 g/mol. The maximum atomic E-state index is 13.2. The number of imidazole rings is 1. The van der Waals surface area contributed by atoms with Crippen LogP contribution < -0.4 is 5.69 Å². The Balaban J connectivity index is 1.28. The van der Waals surface area contributed by atoms with Crippen LogP contribution in [0.25, 0.3) is 11.0 Å². The number of ketones is 1. The standard InChI is InChI=1S/C25H29N3O2S/c1-16-7-8-18-15-19(9-10-23(18)31-16)24(29)17(2)27-13-11-20(12-14-27)28-22-6-4-3-5-21(22)26-25(28)30/h3-6,9-10,15-17,20H,7-8,11-14H2,1-2H3,(H,26,30). The van der Waals surface area contributed by atoms with E-state index in [0.29, 0.717) is 5.25 Å². The Kier molecular flexibility index (Phi) is 5.52. The summed E-state index contributed by atoms with van der Waals surface area (Å²) in [6.45, 7) is 5.93. The SMILES string of the molecule is CC1CCc2cc(C(=O)C(C)N3CCC(n4c(=O)[nH]c5ccccc54)CC3)ccc2S1. The molecule has 162 valence electrons. The fraction of sp³-hybridized carbons (Fsp3) is 0.440. The molecule has 1 aromatic heterocycles. The van der Waals surface area contributed by atoms with Crippen molar-refractivity contribution in [2.45, 2.75) is 61.8 Å². The third kappa shape index (κ3) is 3.87. The number of aromatic amines is 1. The lowest BCUT2D eigenvalue weighted by molar-refractivity contribution is 0.0776. The molecule has 0 bridgehead atoms. The highest BCUT2D eigenvalue weighted by atomic mass is 32.2. The highest BCUT2D eigenvalue weighted by molar-refractivity contribution is 8.00. The second kappa shape index (κ2) is 8.32. The van der Waals surface area contributed by atoms with Gasteiger partial charge in [0.2, 0.25) is 0 Å². The number of fused-ring (bicyclic) bond motifs is 2. The third-order valence-electron chi connectivity index (χ3n) is 6.91. The lowest BCUT2D eigenvalue weighted by Gasteiger charge is -2.35. The molecule has 2 unspecified atom stereocenters. The monoisotopic (exact) mass is 435 g/mol. The lowest BCUT2D eigenvalue weighted by Crippen LogP contribution is -2.45. The Morgan fingerprint density at radius 2 is 1.90 bits per heavy atom. The number of nitrogens with one attached hydrogen (secondary N) is 1. The van der Waals surface area contributed by atoms with Crippen LogP contribution in [-0.4, -0.2) is 44.6 Å². The summed E-state index contributed by atoms with van der Waals surface area (Å²) in [4.78, 5) is 32.3. The molecule has 1 saturated heterocycles. The number of carbonyl (C=O) groups excluding carboxylic acids is 1. The molecule has 0 spiro atoms. The highest BCUT2D eigenvalue weighted by Crippen LogP contribution is 2.36. The zero-order chi connectivity index (χ0) is 21.5. The fourth-order valence-electron chi connectivity index (χ4n) is 5.05. The number of benzene rings is 2. The zero-order valence-corrected chi connectivity index (χ0v) is 19.0. The van der Waals surface area contributed by atoms with Gasteiger partial charge in [0.05, 0.1) is 17.1 Å². The van der Waals surface area contributed by atoms with Crippen molar-refractivity contribution < 1.29 is 4.79 Å².